The van der Waals surface area contributed by atoms with Crippen LogP contribution in [0.25, 0.3) is 22.4 Å². The Bertz CT molecular complexity index is 1380. The SMILES string of the molecule is Cc1c(-c2ccccc2Cl)c(=O)c(C(N)=O)c(-c2cccc(Cl)c2)n1Cc1ccncc1. The Morgan fingerprint density at radius 1 is 1.03 bits per heavy atom. The smallest absolute Gasteiger partial charge is 0.254 e. The van der Waals surface area contributed by atoms with E-state index in [9.17, 15) is 9.59 Å². The molecule has 1 amide bonds. The minimum atomic E-state index is -0.818. The van der Waals surface area contributed by atoms with Gasteiger partial charge in [0.05, 0.1) is 11.3 Å². The third-order valence-corrected chi connectivity index (χ3v) is 5.87. The van der Waals surface area contributed by atoms with E-state index in [1.165, 1.54) is 0 Å². The monoisotopic (exact) mass is 463 g/mol. The van der Waals surface area contributed by atoms with Crippen molar-refractivity contribution in [2.24, 2.45) is 5.73 Å². The number of pyridine rings is 2. The van der Waals surface area contributed by atoms with Crippen LogP contribution in [0.1, 0.15) is 21.6 Å². The number of nitrogens with two attached hydrogens (primary N) is 1. The van der Waals surface area contributed by atoms with Crippen molar-refractivity contribution in [3.8, 4) is 22.4 Å². The Morgan fingerprint density at radius 2 is 1.75 bits per heavy atom. The standard InChI is InChI=1S/C25H19Cl2N3O2/c1-15-21(19-7-2-3-8-20(19)27)24(31)22(25(28)32)23(17-5-4-6-18(26)13-17)30(15)14-16-9-11-29-12-10-16/h2-13H,14H2,1H3,(H2,28,32). The van der Waals surface area contributed by atoms with E-state index in [1.54, 1.807) is 60.9 Å². The topological polar surface area (TPSA) is 78.0 Å². The molecule has 2 aromatic carbocycles. The van der Waals surface area contributed by atoms with Crippen molar-refractivity contribution in [2.75, 3.05) is 0 Å². The zero-order valence-corrected chi connectivity index (χ0v) is 18.7. The number of hydrogen-bond donors (Lipinski definition) is 1. The van der Waals surface area contributed by atoms with E-state index in [1.807, 2.05) is 23.6 Å². The van der Waals surface area contributed by atoms with Crippen molar-refractivity contribution in [3.05, 3.63) is 110 Å². The van der Waals surface area contributed by atoms with E-state index < -0.39 is 11.3 Å². The van der Waals surface area contributed by atoms with E-state index in [-0.39, 0.29) is 5.56 Å². The second kappa shape index (κ2) is 8.99. The molecule has 0 saturated carbocycles. The Kier molecular flexibility index (Phi) is 6.12. The number of benzene rings is 2. The van der Waals surface area contributed by atoms with Crippen molar-refractivity contribution in [1.29, 1.82) is 0 Å². The zero-order valence-electron chi connectivity index (χ0n) is 17.2. The molecular weight excluding hydrogens is 445 g/mol. The normalized spacial score (nSPS) is 10.8. The van der Waals surface area contributed by atoms with Crippen LogP contribution >= 0.6 is 23.2 Å². The quantitative estimate of drug-likeness (QED) is 0.433. The van der Waals surface area contributed by atoms with Gasteiger partial charge in [0.15, 0.2) is 0 Å². The molecule has 160 valence electrons. The second-order valence-corrected chi connectivity index (χ2v) is 8.15. The summed E-state index contributed by atoms with van der Waals surface area (Å²) in [6.45, 7) is 2.22. The van der Waals surface area contributed by atoms with Gasteiger partial charge in [-0.05, 0) is 42.8 Å². The molecule has 2 N–H and O–H groups in total. The minimum Gasteiger partial charge on any atom is -0.365 e. The molecule has 7 heteroatoms. The molecule has 0 radical (unpaired) electrons. The molecule has 0 spiro atoms. The Balaban J connectivity index is 2.14. The van der Waals surface area contributed by atoms with Gasteiger partial charge >= 0.3 is 0 Å². The van der Waals surface area contributed by atoms with Gasteiger partial charge in [-0.15, -0.1) is 0 Å². The van der Waals surface area contributed by atoms with E-state index in [2.05, 4.69) is 4.98 Å². The van der Waals surface area contributed by atoms with Crippen molar-refractivity contribution in [2.45, 2.75) is 13.5 Å². The largest absolute Gasteiger partial charge is 0.365 e. The Labute approximate surface area is 195 Å². The summed E-state index contributed by atoms with van der Waals surface area (Å²) in [5.41, 5.74) is 8.68. The Hall–Kier alpha value is -3.41. The van der Waals surface area contributed by atoms with Gasteiger partial charge in [0, 0.05) is 45.8 Å². The van der Waals surface area contributed by atoms with E-state index in [4.69, 9.17) is 28.9 Å². The van der Waals surface area contributed by atoms with Crippen LogP contribution < -0.4 is 11.2 Å². The fourth-order valence-corrected chi connectivity index (χ4v) is 4.27. The summed E-state index contributed by atoms with van der Waals surface area (Å²) in [6, 6.07) is 17.8. The molecule has 5 nitrogen and oxygen atoms in total. The van der Waals surface area contributed by atoms with Crippen LogP contribution in [0.4, 0.5) is 0 Å². The average molecular weight is 464 g/mol. The van der Waals surface area contributed by atoms with Gasteiger partial charge in [-0.3, -0.25) is 14.6 Å². The molecule has 32 heavy (non-hydrogen) atoms. The second-order valence-electron chi connectivity index (χ2n) is 7.31. The van der Waals surface area contributed by atoms with Crippen LogP contribution in [0.2, 0.25) is 10.0 Å². The number of carbonyl (C=O) groups is 1. The molecule has 2 aromatic heterocycles. The summed E-state index contributed by atoms with van der Waals surface area (Å²) < 4.78 is 1.90. The highest BCUT2D eigenvalue weighted by molar-refractivity contribution is 6.33. The van der Waals surface area contributed by atoms with Gasteiger partial charge in [-0.2, -0.15) is 0 Å². The van der Waals surface area contributed by atoms with Crippen molar-refractivity contribution in [1.82, 2.24) is 9.55 Å². The van der Waals surface area contributed by atoms with Crippen LogP contribution in [-0.2, 0) is 6.54 Å². The summed E-state index contributed by atoms with van der Waals surface area (Å²) in [6.07, 6.45) is 3.38. The number of rotatable bonds is 5. The van der Waals surface area contributed by atoms with Gasteiger partial charge in [0.25, 0.3) is 5.91 Å². The molecular formula is C25H19Cl2N3O2. The van der Waals surface area contributed by atoms with E-state index >= 15 is 0 Å². The number of halogens is 2. The van der Waals surface area contributed by atoms with Crippen LogP contribution in [0.15, 0.2) is 77.9 Å². The number of amides is 1. The highest BCUT2D eigenvalue weighted by Crippen LogP contribution is 2.33. The van der Waals surface area contributed by atoms with Gasteiger partial charge in [0.1, 0.15) is 5.56 Å². The first-order chi connectivity index (χ1) is 15.4. The van der Waals surface area contributed by atoms with Gasteiger partial charge in [-0.25, -0.2) is 0 Å². The number of aromatic nitrogens is 2. The van der Waals surface area contributed by atoms with Crippen molar-refractivity contribution in [3.63, 3.8) is 0 Å². The summed E-state index contributed by atoms with van der Waals surface area (Å²) in [5, 5.41) is 0.891. The first-order valence-corrected chi connectivity index (χ1v) is 10.6. The maximum atomic E-state index is 13.7. The predicted octanol–water partition coefficient (Wildman–Crippen LogP) is 5.34. The van der Waals surface area contributed by atoms with Gasteiger partial charge in [-0.1, -0.05) is 53.5 Å². The fourth-order valence-electron chi connectivity index (χ4n) is 3.85. The molecule has 0 unspecified atom stereocenters. The maximum absolute atomic E-state index is 13.7. The molecule has 0 aliphatic heterocycles. The minimum absolute atomic E-state index is 0.109. The zero-order chi connectivity index (χ0) is 22.8. The number of primary amides is 1. The number of carbonyl (C=O) groups excluding carboxylic acids is 1. The molecule has 2 heterocycles. The first kappa shape index (κ1) is 21.8. The van der Waals surface area contributed by atoms with Crippen LogP contribution in [0, 0.1) is 6.92 Å². The lowest BCUT2D eigenvalue weighted by atomic mass is 9.95. The summed E-state index contributed by atoms with van der Waals surface area (Å²) in [5.74, 6) is -0.818. The molecule has 0 bridgehead atoms. The average Bonchev–Trinajstić information content (AvgIpc) is 2.77. The van der Waals surface area contributed by atoms with Crippen LogP contribution in [0.3, 0.4) is 0 Å². The molecule has 0 atom stereocenters. The van der Waals surface area contributed by atoms with Gasteiger partial charge < -0.3 is 10.3 Å². The lowest BCUT2D eigenvalue weighted by Crippen LogP contribution is -2.29. The maximum Gasteiger partial charge on any atom is 0.254 e. The van der Waals surface area contributed by atoms with Crippen molar-refractivity contribution >= 4 is 29.1 Å². The van der Waals surface area contributed by atoms with Gasteiger partial charge in [0.2, 0.25) is 5.43 Å². The molecule has 0 saturated heterocycles. The first-order valence-electron chi connectivity index (χ1n) is 9.85. The molecule has 0 aliphatic carbocycles. The van der Waals surface area contributed by atoms with Crippen molar-refractivity contribution < 1.29 is 4.79 Å². The molecule has 4 rings (SSSR count). The summed E-state index contributed by atoms with van der Waals surface area (Å²) >= 11 is 12.7. The highest BCUT2D eigenvalue weighted by Gasteiger charge is 2.26. The lowest BCUT2D eigenvalue weighted by molar-refractivity contribution is 0.0999. The molecule has 0 fully saturated rings. The van der Waals surface area contributed by atoms with Crippen LogP contribution in [-0.4, -0.2) is 15.5 Å². The van der Waals surface area contributed by atoms with E-state index in [0.717, 1.165) is 5.56 Å². The number of hydrogen-bond acceptors (Lipinski definition) is 3. The number of nitrogens with zero attached hydrogens (tertiary/aromatic N) is 2. The van der Waals surface area contributed by atoms with Crippen LogP contribution in [0.5, 0.6) is 0 Å². The fraction of sp³-hybridized carbons (Fsp3) is 0.0800. The predicted molar refractivity (Wildman–Crippen MR) is 128 cm³/mol. The third-order valence-electron chi connectivity index (χ3n) is 5.31. The summed E-state index contributed by atoms with van der Waals surface area (Å²) in [4.78, 5) is 30.3. The third kappa shape index (κ3) is 4.05. The molecule has 0 aliphatic rings. The Morgan fingerprint density at radius 3 is 2.41 bits per heavy atom. The highest BCUT2D eigenvalue weighted by atomic mass is 35.5. The van der Waals surface area contributed by atoms with E-state index in [0.29, 0.717) is 44.7 Å². The lowest BCUT2D eigenvalue weighted by Gasteiger charge is -2.23. The molecule has 4 aromatic rings. The summed E-state index contributed by atoms with van der Waals surface area (Å²) in [7, 11) is 0.